The van der Waals surface area contributed by atoms with Gasteiger partial charge in [0.15, 0.2) is 0 Å². The second-order valence-electron chi connectivity index (χ2n) is 1.90. The number of hydrogen-bond acceptors (Lipinski definition) is 1. The van der Waals surface area contributed by atoms with Crippen LogP contribution < -0.4 is 0 Å². The molecule has 0 unspecified atom stereocenters. The van der Waals surface area contributed by atoms with Gasteiger partial charge in [0.05, 0.1) is 0 Å². The zero-order chi connectivity index (χ0) is 7.54. The maximum atomic E-state index is 4.98. The fourth-order valence-corrected chi connectivity index (χ4v) is 0.289. The fraction of sp³-hybridized carbons (Fsp3) is 1.00. The molecule has 1 heteroatoms. The lowest BCUT2D eigenvalue weighted by molar-refractivity contribution is 0.148. The molecule has 0 bridgehead atoms. The molecular weight excluding hydrogens is 160 g/mol. The first-order valence-corrected chi connectivity index (χ1v) is 3.91. The normalized spacial score (nSPS) is 5.54. The van der Waals surface area contributed by atoms with Crippen molar-refractivity contribution in [3.05, 3.63) is 0 Å². The molecule has 0 atom stereocenters. The van der Waals surface area contributed by atoms with Crippen molar-refractivity contribution in [2.75, 3.05) is 13.2 Å². The molecular formula is C12H36O. The summed E-state index contributed by atoms with van der Waals surface area (Å²) < 4.78 is 4.98. The van der Waals surface area contributed by atoms with E-state index in [2.05, 4.69) is 20.8 Å². The van der Waals surface area contributed by atoms with Crippen molar-refractivity contribution in [1.82, 2.24) is 0 Å². The summed E-state index contributed by atoms with van der Waals surface area (Å²) in [6, 6.07) is 0. The first-order chi connectivity index (χ1) is 4.33. The molecule has 0 heterocycles. The van der Waals surface area contributed by atoms with Crippen molar-refractivity contribution in [3.63, 3.8) is 0 Å². The van der Waals surface area contributed by atoms with Crippen molar-refractivity contribution in [2.45, 2.75) is 70.2 Å². The van der Waals surface area contributed by atoms with Crippen molar-refractivity contribution in [2.24, 2.45) is 0 Å². The van der Waals surface area contributed by atoms with Crippen LogP contribution in [0.3, 0.4) is 0 Å². The molecule has 0 aromatic carbocycles. The topological polar surface area (TPSA) is 9.23 Å². The van der Waals surface area contributed by atoms with Gasteiger partial charge in [-0.3, -0.25) is 0 Å². The highest BCUT2D eigenvalue weighted by atomic mass is 16.5. The summed E-state index contributed by atoms with van der Waals surface area (Å²) in [5, 5.41) is 0. The van der Waals surface area contributed by atoms with Crippen LogP contribution >= 0.6 is 0 Å². The molecule has 0 amide bonds. The Balaban J connectivity index is -0.0000000160. The van der Waals surface area contributed by atoms with Crippen molar-refractivity contribution in [3.8, 4) is 0 Å². The number of ether oxygens (including phenoxy) is 1. The Morgan fingerprint density at radius 1 is 0.769 bits per heavy atom. The second-order valence-corrected chi connectivity index (χ2v) is 1.90. The van der Waals surface area contributed by atoms with Crippen LogP contribution in [-0.2, 0) is 4.74 Å². The van der Waals surface area contributed by atoms with Crippen molar-refractivity contribution >= 4 is 0 Å². The van der Waals surface area contributed by atoms with Crippen LogP contribution in [0.15, 0.2) is 0 Å². The smallest absolute Gasteiger partial charge is 0.0463 e. The zero-order valence-corrected chi connectivity index (χ0v) is 7.24. The van der Waals surface area contributed by atoms with Crippen LogP contribution in [-0.4, -0.2) is 13.2 Å². The van der Waals surface area contributed by atoms with Crippen LogP contribution in [0.1, 0.15) is 70.2 Å². The minimum atomic E-state index is 0. The lowest BCUT2D eigenvalue weighted by Gasteiger charge is -1.91. The summed E-state index contributed by atoms with van der Waals surface area (Å²) >= 11 is 0. The monoisotopic (exact) mass is 196 g/mol. The van der Waals surface area contributed by atoms with Gasteiger partial charge in [0.1, 0.15) is 0 Å². The van der Waals surface area contributed by atoms with Gasteiger partial charge in [-0.05, 0) is 13.3 Å². The predicted octanol–water partition coefficient (Wildman–Crippen LogP) is 5.39. The van der Waals surface area contributed by atoms with Crippen molar-refractivity contribution in [1.29, 1.82) is 0 Å². The Bertz CT molecular complexity index is 24.3. The molecule has 0 aliphatic heterocycles. The molecule has 0 aromatic heterocycles. The lowest BCUT2D eigenvalue weighted by atomic mass is 10.5. The van der Waals surface area contributed by atoms with Gasteiger partial charge < -0.3 is 4.74 Å². The minimum Gasteiger partial charge on any atom is -0.382 e. The van der Waals surface area contributed by atoms with E-state index in [1.807, 2.05) is 6.92 Å². The van der Waals surface area contributed by atoms with E-state index in [4.69, 9.17) is 4.74 Å². The van der Waals surface area contributed by atoms with Gasteiger partial charge >= 0.3 is 0 Å². The quantitative estimate of drug-likeness (QED) is 0.550. The molecule has 0 radical (unpaired) electrons. The first-order valence-electron chi connectivity index (χ1n) is 3.91. The average molecular weight is 196 g/mol. The van der Waals surface area contributed by atoms with E-state index < -0.39 is 0 Å². The van der Waals surface area contributed by atoms with E-state index in [0.717, 1.165) is 19.6 Å². The predicted molar refractivity (Wildman–Crippen MR) is 69.7 cm³/mol. The average Bonchev–Trinajstić information content (AvgIpc) is 1.86. The molecule has 1 nitrogen and oxygen atoms in total. The van der Waals surface area contributed by atoms with Crippen LogP contribution in [0.25, 0.3) is 0 Å². The summed E-state index contributed by atoms with van der Waals surface area (Å²) in [4.78, 5) is 0. The molecule has 0 saturated heterocycles. The van der Waals surface area contributed by atoms with Gasteiger partial charge in [0.25, 0.3) is 0 Å². The molecule has 90 valence electrons. The van der Waals surface area contributed by atoms with E-state index in [1.165, 1.54) is 6.42 Å². The Labute approximate surface area is 88.9 Å². The molecule has 13 heavy (non-hydrogen) atoms. The van der Waals surface area contributed by atoms with Crippen LogP contribution in [0.5, 0.6) is 0 Å². The van der Waals surface area contributed by atoms with Gasteiger partial charge in [-0.1, -0.05) is 56.9 Å². The van der Waals surface area contributed by atoms with Gasteiger partial charge in [-0.2, -0.15) is 0 Å². The Morgan fingerprint density at radius 2 is 1.08 bits per heavy atom. The molecule has 0 N–H and O–H groups in total. The molecule has 0 aliphatic carbocycles. The van der Waals surface area contributed by atoms with E-state index in [-0.39, 0.29) is 29.7 Å². The Morgan fingerprint density at radius 3 is 1.15 bits per heavy atom. The van der Waals surface area contributed by atoms with Crippen LogP contribution in [0, 0.1) is 0 Å². The van der Waals surface area contributed by atoms with Crippen molar-refractivity contribution < 1.29 is 4.74 Å². The zero-order valence-electron chi connectivity index (χ0n) is 7.24. The minimum absolute atomic E-state index is 0. The third-order valence-corrected chi connectivity index (χ3v) is 0.553. The molecule has 0 fully saturated rings. The molecule has 0 aromatic rings. The summed E-state index contributed by atoms with van der Waals surface area (Å²) in [5.41, 5.74) is 0. The Hall–Kier alpha value is -0.0400. The standard InChI is InChI=1S/C5H12O.C3H8.4CH4/c1-3-5-6-4-2;1-3-2;;;;/h3-5H2,1-2H3;3H2,1-2H3;4*1H4. The third kappa shape index (κ3) is 135. The fourth-order valence-electron chi connectivity index (χ4n) is 0.289. The summed E-state index contributed by atoms with van der Waals surface area (Å²) in [5.74, 6) is 0. The highest BCUT2D eigenvalue weighted by molar-refractivity contribution is 4.19. The molecule has 0 aliphatic rings. The van der Waals surface area contributed by atoms with Crippen LogP contribution in [0.2, 0.25) is 0 Å². The highest BCUT2D eigenvalue weighted by Gasteiger charge is 1.72. The Kier molecular flexibility index (Phi) is 172. The van der Waals surface area contributed by atoms with Crippen LogP contribution in [0.4, 0.5) is 0 Å². The molecule has 0 rings (SSSR count). The van der Waals surface area contributed by atoms with E-state index in [1.54, 1.807) is 0 Å². The SMILES string of the molecule is C.C.C.C.CCC.CCCOCC. The maximum Gasteiger partial charge on any atom is 0.0463 e. The second kappa shape index (κ2) is 58.4. The van der Waals surface area contributed by atoms with Gasteiger partial charge in [0, 0.05) is 13.2 Å². The van der Waals surface area contributed by atoms with E-state index in [0.29, 0.717) is 0 Å². The largest absolute Gasteiger partial charge is 0.382 e. The highest BCUT2D eigenvalue weighted by Crippen LogP contribution is 1.75. The van der Waals surface area contributed by atoms with E-state index >= 15 is 0 Å². The van der Waals surface area contributed by atoms with Gasteiger partial charge in [-0.15, -0.1) is 0 Å². The molecule has 0 saturated carbocycles. The number of hydrogen-bond donors (Lipinski definition) is 0. The van der Waals surface area contributed by atoms with E-state index in [9.17, 15) is 0 Å². The summed E-state index contributed by atoms with van der Waals surface area (Å²) in [6.07, 6.45) is 2.38. The number of rotatable bonds is 3. The summed E-state index contributed by atoms with van der Waals surface area (Å²) in [6.45, 7) is 10.1. The third-order valence-electron chi connectivity index (χ3n) is 0.553. The molecule has 0 spiro atoms. The van der Waals surface area contributed by atoms with Gasteiger partial charge in [0.2, 0.25) is 0 Å². The first kappa shape index (κ1) is 38.3. The lowest BCUT2D eigenvalue weighted by Crippen LogP contribution is -1.88. The summed E-state index contributed by atoms with van der Waals surface area (Å²) in [7, 11) is 0. The van der Waals surface area contributed by atoms with Gasteiger partial charge in [-0.25, -0.2) is 0 Å². The maximum absolute atomic E-state index is 4.98.